The van der Waals surface area contributed by atoms with Gasteiger partial charge in [-0.25, -0.2) is 4.98 Å². The molecule has 234 valence electrons. The van der Waals surface area contributed by atoms with Crippen molar-refractivity contribution < 1.29 is 19.0 Å². The minimum atomic E-state index is -0.629. The second-order valence-corrected chi connectivity index (χ2v) is 14.7. The molecule has 0 N–H and O–H groups in total. The molecule has 0 spiro atoms. The lowest BCUT2D eigenvalue weighted by molar-refractivity contribution is -0.162. The fraction of sp³-hybridized carbons (Fsp3) is 0.316. The van der Waals surface area contributed by atoms with Gasteiger partial charge in [0.15, 0.2) is 0 Å². The lowest BCUT2D eigenvalue weighted by Gasteiger charge is -2.31. The van der Waals surface area contributed by atoms with Crippen molar-refractivity contribution in [2.45, 2.75) is 66.8 Å². The molecule has 0 amide bonds. The summed E-state index contributed by atoms with van der Waals surface area (Å²) >= 11 is 7.95. The number of esters is 1. The number of carbonyl (C=O) groups excluding carboxylic acids is 1. The number of ether oxygens (including phenoxy) is 3. The number of hydrogen-bond acceptors (Lipinski definition) is 6. The SMILES string of the molecule is Cc1cc2nc(-c3cccc(OCc4ccccc4)c3)sc2c(-c2ccc(Cl)cc2)c1[C@H](COC(=O)C(C)(C)C)OC(C)(C)C. The molecule has 5 aromatic rings. The molecule has 7 heteroatoms. The largest absolute Gasteiger partial charge is 0.489 e. The molecule has 4 aromatic carbocycles. The molecule has 0 unspecified atom stereocenters. The molecule has 0 aliphatic carbocycles. The van der Waals surface area contributed by atoms with Crippen molar-refractivity contribution in [2.75, 3.05) is 6.61 Å². The van der Waals surface area contributed by atoms with Crippen LogP contribution in [0.4, 0.5) is 0 Å². The summed E-state index contributed by atoms with van der Waals surface area (Å²) in [6.07, 6.45) is -0.508. The number of thiazole rings is 1. The molecule has 0 saturated heterocycles. The Labute approximate surface area is 275 Å². The monoisotopic (exact) mass is 641 g/mol. The topological polar surface area (TPSA) is 57.7 Å². The molecule has 0 aliphatic heterocycles. The maximum absolute atomic E-state index is 12.9. The Hall–Kier alpha value is -3.71. The van der Waals surface area contributed by atoms with Gasteiger partial charge in [0, 0.05) is 16.1 Å². The molecule has 5 nitrogen and oxygen atoms in total. The van der Waals surface area contributed by atoms with E-state index in [2.05, 4.69) is 31.2 Å². The van der Waals surface area contributed by atoms with Crippen LogP contribution in [0.2, 0.25) is 5.02 Å². The van der Waals surface area contributed by atoms with E-state index < -0.39 is 17.1 Å². The van der Waals surface area contributed by atoms with Gasteiger partial charge in [0.1, 0.15) is 30.1 Å². The summed E-state index contributed by atoms with van der Waals surface area (Å²) in [6, 6.07) is 28.1. The van der Waals surface area contributed by atoms with Crippen LogP contribution in [0.3, 0.4) is 0 Å². The van der Waals surface area contributed by atoms with Crippen LogP contribution >= 0.6 is 22.9 Å². The van der Waals surface area contributed by atoms with Crippen molar-refractivity contribution in [3.8, 4) is 27.4 Å². The normalized spacial score (nSPS) is 12.7. The summed E-state index contributed by atoms with van der Waals surface area (Å²) < 4.78 is 19.7. The zero-order chi connectivity index (χ0) is 32.4. The number of halogens is 1. The third-order valence-corrected chi connectivity index (χ3v) is 8.58. The maximum atomic E-state index is 12.9. The van der Waals surface area contributed by atoms with Crippen LogP contribution in [0.1, 0.15) is 64.3 Å². The Bertz CT molecular complexity index is 1780. The highest BCUT2D eigenvalue weighted by Crippen LogP contribution is 2.44. The Morgan fingerprint density at radius 3 is 2.27 bits per heavy atom. The van der Waals surface area contributed by atoms with Crippen molar-refractivity contribution in [1.29, 1.82) is 0 Å². The van der Waals surface area contributed by atoms with Crippen LogP contribution in [0, 0.1) is 12.3 Å². The summed E-state index contributed by atoms with van der Waals surface area (Å²) in [5.74, 6) is 0.510. The van der Waals surface area contributed by atoms with E-state index in [1.54, 1.807) is 11.3 Å². The van der Waals surface area contributed by atoms with Crippen LogP contribution in [0.15, 0.2) is 84.9 Å². The van der Waals surface area contributed by atoms with E-state index in [4.69, 9.17) is 30.8 Å². The van der Waals surface area contributed by atoms with E-state index in [-0.39, 0.29) is 12.6 Å². The number of fused-ring (bicyclic) bond motifs is 1. The van der Waals surface area contributed by atoms with E-state index in [1.807, 2.05) is 102 Å². The van der Waals surface area contributed by atoms with E-state index >= 15 is 0 Å². The molecule has 0 saturated carbocycles. The minimum absolute atomic E-state index is 0.0900. The standard InChI is InChI=1S/C38H40ClNO4S/c1-24-20-30-34(45-35(40-30)27-14-11-15-29(21-27)42-22-25-12-9-8-10-13-25)33(26-16-18-28(39)19-17-26)32(24)31(44-38(5,6)7)23-43-36(41)37(2,3)4/h8-21,31H,22-23H2,1-7H3/t31-/m0/s1. The molecule has 1 heterocycles. The van der Waals surface area contributed by atoms with E-state index in [0.29, 0.717) is 11.6 Å². The Morgan fingerprint density at radius 2 is 1.60 bits per heavy atom. The van der Waals surface area contributed by atoms with Crippen LogP contribution < -0.4 is 4.74 Å². The van der Waals surface area contributed by atoms with E-state index in [0.717, 1.165) is 54.4 Å². The van der Waals surface area contributed by atoms with Gasteiger partial charge in [-0.3, -0.25) is 4.79 Å². The molecule has 0 aliphatic rings. The van der Waals surface area contributed by atoms with Crippen molar-refractivity contribution >= 4 is 39.1 Å². The summed E-state index contributed by atoms with van der Waals surface area (Å²) in [6.45, 7) is 14.2. The number of nitrogens with zero attached hydrogens (tertiary/aromatic N) is 1. The van der Waals surface area contributed by atoms with Gasteiger partial charge in [-0.05, 0) is 101 Å². The molecular weight excluding hydrogens is 602 g/mol. The molecular formula is C38H40ClNO4S. The quantitative estimate of drug-likeness (QED) is 0.150. The Morgan fingerprint density at radius 1 is 0.889 bits per heavy atom. The molecule has 1 aromatic heterocycles. The average molecular weight is 642 g/mol. The van der Waals surface area contributed by atoms with Gasteiger partial charge in [0.2, 0.25) is 0 Å². The second kappa shape index (κ2) is 13.3. The molecule has 45 heavy (non-hydrogen) atoms. The van der Waals surface area contributed by atoms with Crippen LogP contribution in [-0.2, 0) is 20.9 Å². The summed E-state index contributed by atoms with van der Waals surface area (Å²) in [7, 11) is 0. The van der Waals surface area contributed by atoms with Crippen molar-refractivity contribution in [3.63, 3.8) is 0 Å². The molecule has 5 rings (SSSR count). The average Bonchev–Trinajstić information content (AvgIpc) is 3.41. The number of benzene rings is 4. The summed E-state index contributed by atoms with van der Waals surface area (Å²) in [5, 5.41) is 1.54. The molecule has 0 radical (unpaired) electrons. The Balaban J connectivity index is 1.61. The molecule has 0 bridgehead atoms. The summed E-state index contributed by atoms with van der Waals surface area (Å²) in [5.41, 5.74) is 5.82. The second-order valence-electron chi connectivity index (χ2n) is 13.2. The fourth-order valence-electron chi connectivity index (χ4n) is 5.08. The zero-order valence-electron chi connectivity index (χ0n) is 26.9. The predicted molar refractivity (Wildman–Crippen MR) is 185 cm³/mol. The number of hydrogen-bond donors (Lipinski definition) is 0. The van der Waals surface area contributed by atoms with Crippen LogP contribution in [-0.4, -0.2) is 23.2 Å². The fourth-order valence-corrected chi connectivity index (χ4v) is 6.33. The third-order valence-electron chi connectivity index (χ3n) is 7.19. The number of aryl methyl sites for hydroxylation is 1. The van der Waals surface area contributed by atoms with E-state index in [9.17, 15) is 4.79 Å². The first-order valence-electron chi connectivity index (χ1n) is 15.1. The third kappa shape index (κ3) is 8.12. The Kier molecular flexibility index (Phi) is 9.68. The highest BCUT2D eigenvalue weighted by atomic mass is 35.5. The first kappa shape index (κ1) is 32.7. The van der Waals surface area contributed by atoms with Crippen molar-refractivity contribution in [1.82, 2.24) is 4.98 Å². The van der Waals surface area contributed by atoms with Gasteiger partial charge in [0.05, 0.1) is 21.2 Å². The van der Waals surface area contributed by atoms with Gasteiger partial charge >= 0.3 is 5.97 Å². The van der Waals surface area contributed by atoms with Crippen LogP contribution in [0.5, 0.6) is 5.75 Å². The maximum Gasteiger partial charge on any atom is 0.311 e. The lowest BCUT2D eigenvalue weighted by Crippen LogP contribution is -2.30. The number of aromatic nitrogens is 1. The van der Waals surface area contributed by atoms with Gasteiger partial charge in [0.25, 0.3) is 0 Å². The molecule has 0 fully saturated rings. The first-order valence-corrected chi connectivity index (χ1v) is 16.3. The summed E-state index contributed by atoms with van der Waals surface area (Å²) in [4.78, 5) is 18.0. The van der Waals surface area contributed by atoms with Crippen LogP contribution in [0.25, 0.3) is 31.9 Å². The van der Waals surface area contributed by atoms with Crippen molar-refractivity contribution in [3.05, 3.63) is 107 Å². The highest BCUT2D eigenvalue weighted by Gasteiger charge is 2.31. The first-order chi connectivity index (χ1) is 21.3. The highest BCUT2D eigenvalue weighted by molar-refractivity contribution is 7.22. The molecule has 1 atom stereocenters. The van der Waals surface area contributed by atoms with Gasteiger partial charge < -0.3 is 14.2 Å². The predicted octanol–water partition coefficient (Wildman–Crippen LogP) is 10.6. The van der Waals surface area contributed by atoms with Crippen molar-refractivity contribution in [2.24, 2.45) is 5.41 Å². The van der Waals surface area contributed by atoms with Gasteiger partial charge in [-0.15, -0.1) is 11.3 Å². The number of rotatable bonds is 9. The van der Waals surface area contributed by atoms with E-state index in [1.165, 1.54) is 0 Å². The zero-order valence-corrected chi connectivity index (χ0v) is 28.5. The lowest BCUT2D eigenvalue weighted by atomic mass is 9.91. The smallest absolute Gasteiger partial charge is 0.311 e. The van der Waals surface area contributed by atoms with Gasteiger partial charge in [-0.2, -0.15) is 0 Å². The number of carbonyl (C=O) groups is 1. The van der Waals surface area contributed by atoms with Gasteiger partial charge in [-0.1, -0.05) is 66.2 Å². The minimum Gasteiger partial charge on any atom is -0.489 e.